The summed E-state index contributed by atoms with van der Waals surface area (Å²) < 4.78 is 10.3. The van der Waals surface area contributed by atoms with Crippen molar-refractivity contribution in [2.45, 2.75) is 26.8 Å². The summed E-state index contributed by atoms with van der Waals surface area (Å²) in [5, 5.41) is 0.482. The van der Waals surface area contributed by atoms with Crippen molar-refractivity contribution in [1.29, 1.82) is 0 Å². The fourth-order valence-corrected chi connectivity index (χ4v) is 1.75. The summed E-state index contributed by atoms with van der Waals surface area (Å²) in [5.74, 6) is 0.207. The SMILES string of the molecule is COC(=O)C(C)(C)COc1ccc([C@@H](C)N)cc1Cl. The van der Waals surface area contributed by atoms with Crippen molar-refractivity contribution in [2.75, 3.05) is 13.7 Å². The molecule has 0 heterocycles. The van der Waals surface area contributed by atoms with Crippen molar-refractivity contribution < 1.29 is 14.3 Å². The molecular formula is C14H20ClNO3. The molecule has 0 saturated heterocycles. The lowest BCUT2D eigenvalue weighted by Crippen LogP contribution is -2.32. The number of nitrogens with two attached hydrogens (primary N) is 1. The lowest BCUT2D eigenvalue weighted by molar-refractivity contribution is -0.152. The molecule has 1 atom stereocenters. The van der Waals surface area contributed by atoms with E-state index in [2.05, 4.69) is 0 Å². The highest BCUT2D eigenvalue weighted by atomic mass is 35.5. The summed E-state index contributed by atoms with van der Waals surface area (Å²) in [6.07, 6.45) is 0. The van der Waals surface area contributed by atoms with E-state index < -0.39 is 5.41 Å². The van der Waals surface area contributed by atoms with E-state index in [9.17, 15) is 4.79 Å². The summed E-state index contributed by atoms with van der Waals surface area (Å²) in [7, 11) is 1.36. The quantitative estimate of drug-likeness (QED) is 0.845. The Hall–Kier alpha value is -1.26. The van der Waals surface area contributed by atoms with Gasteiger partial charge in [-0.15, -0.1) is 0 Å². The zero-order chi connectivity index (χ0) is 14.6. The maximum atomic E-state index is 11.5. The van der Waals surface area contributed by atoms with Gasteiger partial charge >= 0.3 is 5.97 Å². The molecule has 19 heavy (non-hydrogen) atoms. The Morgan fingerprint density at radius 2 is 2.11 bits per heavy atom. The molecule has 1 aromatic rings. The Morgan fingerprint density at radius 3 is 2.58 bits per heavy atom. The van der Waals surface area contributed by atoms with Crippen LogP contribution < -0.4 is 10.5 Å². The number of esters is 1. The lowest BCUT2D eigenvalue weighted by atomic mass is 9.95. The molecule has 0 fully saturated rings. The minimum atomic E-state index is -0.724. The number of rotatable bonds is 5. The van der Waals surface area contributed by atoms with Gasteiger partial charge in [-0.1, -0.05) is 17.7 Å². The highest BCUT2D eigenvalue weighted by Crippen LogP contribution is 2.29. The van der Waals surface area contributed by atoms with Crippen LogP contribution in [0, 0.1) is 5.41 Å². The van der Waals surface area contributed by atoms with Crippen LogP contribution in [0.5, 0.6) is 5.75 Å². The van der Waals surface area contributed by atoms with Gasteiger partial charge in [0.25, 0.3) is 0 Å². The lowest BCUT2D eigenvalue weighted by Gasteiger charge is -2.22. The zero-order valence-electron chi connectivity index (χ0n) is 11.7. The third-order valence-corrected chi connectivity index (χ3v) is 3.10. The Bertz CT molecular complexity index is 458. The average molecular weight is 286 g/mol. The Balaban J connectivity index is 2.76. The van der Waals surface area contributed by atoms with Gasteiger partial charge in [0.1, 0.15) is 12.4 Å². The van der Waals surface area contributed by atoms with Crippen LogP contribution >= 0.6 is 11.6 Å². The van der Waals surface area contributed by atoms with Crippen molar-refractivity contribution in [1.82, 2.24) is 0 Å². The van der Waals surface area contributed by atoms with E-state index in [1.807, 2.05) is 13.0 Å². The van der Waals surface area contributed by atoms with Gasteiger partial charge in [0, 0.05) is 6.04 Å². The highest BCUT2D eigenvalue weighted by Gasteiger charge is 2.30. The summed E-state index contributed by atoms with van der Waals surface area (Å²) in [5.41, 5.74) is 5.98. The van der Waals surface area contributed by atoms with E-state index in [0.29, 0.717) is 10.8 Å². The maximum absolute atomic E-state index is 11.5. The van der Waals surface area contributed by atoms with Crippen LogP contribution in [0.15, 0.2) is 18.2 Å². The first-order valence-electron chi connectivity index (χ1n) is 6.04. The second-order valence-electron chi connectivity index (χ2n) is 5.14. The second-order valence-corrected chi connectivity index (χ2v) is 5.55. The van der Waals surface area contributed by atoms with Crippen molar-refractivity contribution in [3.05, 3.63) is 28.8 Å². The molecule has 1 aromatic carbocycles. The van der Waals surface area contributed by atoms with Crippen LogP contribution in [0.3, 0.4) is 0 Å². The minimum absolute atomic E-state index is 0.0851. The van der Waals surface area contributed by atoms with Gasteiger partial charge in [-0.2, -0.15) is 0 Å². The van der Waals surface area contributed by atoms with Crippen LogP contribution in [0.4, 0.5) is 0 Å². The third-order valence-electron chi connectivity index (χ3n) is 2.81. The van der Waals surface area contributed by atoms with Crippen LogP contribution in [0.1, 0.15) is 32.4 Å². The largest absolute Gasteiger partial charge is 0.491 e. The minimum Gasteiger partial charge on any atom is -0.491 e. The summed E-state index contributed by atoms with van der Waals surface area (Å²) in [4.78, 5) is 11.5. The number of methoxy groups -OCH3 is 1. The van der Waals surface area contributed by atoms with Gasteiger partial charge in [-0.25, -0.2) is 0 Å². The standard InChI is InChI=1S/C14H20ClNO3/c1-9(16)10-5-6-12(11(15)7-10)19-8-14(2,3)13(17)18-4/h5-7,9H,8,16H2,1-4H3/t9-/m1/s1. The number of benzene rings is 1. The van der Waals surface area contributed by atoms with Crippen molar-refractivity contribution in [2.24, 2.45) is 11.1 Å². The molecule has 0 aliphatic carbocycles. The first kappa shape index (κ1) is 15.8. The van der Waals surface area contributed by atoms with E-state index >= 15 is 0 Å². The highest BCUT2D eigenvalue weighted by molar-refractivity contribution is 6.32. The molecule has 0 saturated carbocycles. The molecule has 2 N–H and O–H groups in total. The normalized spacial score (nSPS) is 12.9. The Kier molecular flexibility index (Phi) is 5.20. The molecule has 5 heteroatoms. The molecule has 1 rings (SSSR count). The van der Waals surface area contributed by atoms with Crippen LogP contribution in [-0.4, -0.2) is 19.7 Å². The molecule has 0 bridgehead atoms. The van der Waals surface area contributed by atoms with Gasteiger partial charge in [0.05, 0.1) is 17.5 Å². The van der Waals surface area contributed by atoms with Crippen molar-refractivity contribution >= 4 is 17.6 Å². The van der Waals surface area contributed by atoms with Gasteiger partial charge in [-0.05, 0) is 38.5 Å². The second kappa shape index (κ2) is 6.26. The zero-order valence-corrected chi connectivity index (χ0v) is 12.5. The number of carbonyl (C=O) groups is 1. The fourth-order valence-electron chi connectivity index (χ4n) is 1.51. The topological polar surface area (TPSA) is 61.5 Å². The number of hydrogen-bond donors (Lipinski definition) is 1. The first-order valence-corrected chi connectivity index (χ1v) is 6.42. The number of hydrogen-bond acceptors (Lipinski definition) is 4. The van der Waals surface area contributed by atoms with Crippen LogP contribution in [-0.2, 0) is 9.53 Å². The van der Waals surface area contributed by atoms with Crippen molar-refractivity contribution in [3.8, 4) is 5.75 Å². The van der Waals surface area contributed by atoms with E-state index in [1.165, 1.54) is 7.11 Å². The Labute approximate surface area is 118 Å². The van der Waals surface area contributed by atoms with Crippen LogP contribution in [0.25, 0.3) is 0 Å². The number of carbonyl (C=O) groups excluding carboxylic acids is 1. The molecule has 4 nitrogen and oxygen atoms in total. The van der Waals surface area contributed by atoms with E-state index in [0.717, 1.165) is 5.56 Å². The molecular weight excluding hydrogens is 266 g/mol. The third kappa shape index (κ3) is 4.11. The smallest absolute Gasteiger partial charge is 0.314 e. The molecule has 106 valence electrons. The van der Waals surface area contributed by atoms with E-state index in [4.69, 9.17) is 26.8 Å². The molecule has 0 unspecified atom stereocenters. The maximum Gasteiger partial charge on any atom is 0.314 e. The van der Waals surface area contributed by atoms with E-state index in [1.54, 1.807) is 26.0 Å². The predicted molar refractivity (Wildman–Crippen MR) is 75.3 cm³/mol. The summed E-state index contributed by atoms with van der Waals surface area (Å²) in [6.45, 7) is 5.58. The summed E-state index contributed by atoms with van der Waals surface area (Å²) >= 11 is 6.12. The molecule has 0 radical (unpaired) electrons. The van der Waals surface area contributed by atoms with Crippen molar-refractivity contribution in [3.63, 3.8) is 0 Å². The number of ether oxygens (including phenoxy) is 2. The summed E-state index contributed by atoms with van der Waals surface area (Å²) in [6, 6.07) is 5.30. The molecule has 0 aliphatic heterocycles. The predicted octanol–water partition coefficient (Wildman–Crippen LogP) is 2.94. The monoisotopic (exact) mass is 285 g/mol. The van der Waals surface area contributed by atoms with Gasteiger partial charge in [0.15, 0.2) is 0 Å². The molecule has 0 aromatic heterocycles. The molecule has 0 spiro atoms. The molecule has 0 aliphatic rings. The van der Waals surface area contributed by atoms with Gasteiger partial charge < -0.3 is 15.2 Å². The van der Waals surface area contributed by atoms with Gasteiger partial charge in [-0.3, -0.25) is 4.79 Å². The number of halogens is 1. The van der Waals surface area contributed by atoms with Crippen LogP contribution in [0.2, 0.25) is 5.02 Å². The molecule has 0 amide bonds. The fraction of sp³-hybridized carbons (Fsp3) is 0.500. The average Bonchev–Trinajstić information content (AvgIpc) is 2.36. The first-order chi connectivity index (χ1) is 8.77. The van der Waals surface area contributed by atoms with Gasteiger partial charge in [0.2, 0.25) is 0 Å². The Morgan fingerprint density at radius 1 is 1.47 bits per heavy atom. The van der Waals surface area contributed by atoms with E-state index in [-0.39, 0.29) is 18.6 Å².